The molecule has 0 amide bonds. The van der Waals surface area contributed by atoms with E-state index in [9.17, 15) is 0 Å². The number of benzene rings is 1. The van der Waals surface area contributed by atoms with Crippen LogP contribution in [0.4, 0.5) is 0 Å². The van der Waals surface area contributed by atoms with Gasteiger partial charge in [-0.05, 0) is 17.5 Å². The maximum Gasteiger partial charge on any atom is 0.158 e. The Kier molecular flexibility index (Phi) is 4.94. The van der Waals surface area contributed by atoms with Crippen LogP contribution in [-0.2, 0) is 22.4 Å². The normalized spacial score (nSPS) is 19.1. The molecule has 0 aromatic heterocycles. The summed E-state index contributed by atoms with van der Waals surface area (Å²) in [6, 6.07) is 8.64. The van der Waals surface area contributed by atoms with E-state index in [1.165, 1.54) is 11.1 Å². The Hall–Kier alpha value is -0.620. The Bertz CT molecular complexity index is 475. The van der Waals surface area contributed by atoms with E-state index < -0.39 is 0 Å². The van der Waals surface area contributed by atoms with Crippen LogP contribution in [0, 0.1) is 0 Å². The van der Waals surface area contributed by atoms with Crippen molar-refractivity contribution in [2.45, 2.75) is 25.7 Å². The van der Waals surface area contributed by atoms with Crippen molar-refractivity contribution < 1.29 is 9.47 Å². The lowest BCUT2D eigenvalue weighted by atomic mass is 10.0. The predicted octanol–water partition coefficient (Wildman–Crippen LogP) is 2.83. The number of ether oxygens (including phenoxy) is 2. The SMILES string of the molecule is S=C(SCCC1OCCO1)N1CCc2ccccc2C1. The molecule has 1 fully saturated rings. The molecule has 1 aromatic carbocycles. The van der Waals surface area contributed by atoms with Crippen LogP contribution in [-0.4, -0.2) is 41.0 Å². The first kappa shape index (κ1) is 14.3. The summed E-state index contributed by atoms with van der Waals surface area (Å²) in [7, 11) is 0. The number of nitrogens with zero attached hydrogens (tertiary/aromatic N) is 1. The molecule has 108 valence electrons. The predicted molar refractivity (Wildman–Crippen MR) is 85.9 cm³/mol. The quantitative estimate of drug-likeness (QED) is 0.798. The Morgan fingerprint density at radius 2 is 2.00 bits per heavy atom. The van der Waals surface area contributed by atoms with E-state index in [1.54, 1.807) is 11.8 Å². The van der Waals surface area contributed by atoms with Crippen molar-refractivity contribution in [2.24, 2.45) is 0 Å². The van der Waals surface area contributed by atoms with Gasteiger partial charge in [-0.1, -0.05) is 48.2 Å². The molecule has 0 aliphatic carbocycles. The summed E-state index contributed by atoms with van der Waals surface area (Å²) < 4.78 is 11.9. The summed E-state index contributed by atoms with van der Waals surface area (Å²) in [5, 5.41) is 0. The highest BCUT2D eigenvalue weighted by molar-refractivity contribution is 8.22. The number of hydrogen-bond acceptors (Lipinski definition) is 4. The molecular weight excluding hydrogens is 290 g/mol. The number of thioether (sulfide) groups is 1. The number of hydrogen-bond donors (Lipinski definition) is 0. The van der Waals surface area contributed by atoms with E-state index in [-0.39, 0.29) is 6.29 Å². The van der Waals surface area contributed by atoms with Gasteiger partial charge in [-0.15, -0.1) is 0 Å². The molecule has 0 atom stereocenters. The first-order valence-electron chi connectivity index (χ1n) is 7.04. The molecule has 3 nitrogen and oxygen atoms in total. The summed E-state index contributed by atoms with van der Waals surface area (Å²) in [5.41, 5.74) is 2.87. The minimum atomic E-state index is -0.0209. The third-order valence-corrected chi connectivity index (χ3v) is 5.22. The van der Waals surface area contributed by atoms with E-state index in [0.29, 0.717) is 0 Å². The van der Waals surface area contributed by atoms with Crippen LogP contribution >= 0.6 is 24.0 Å². The highest BCUT2D eigenvalue weighted by atomic mass is 32.2. The molecule has 0 N–H and O–H groups in total. The summed E-state index contributed by atoms with van der Waals surface area (Å²) in [5.74, 6) is 0.960. The van der Waals surface area contributed by atoms with Crippen LogP contribution in [0.2, 0.25) is 0 Å². The zero-order valence-corrected chi connectivity index (χ0v) is 13.0. The zero-order valence-electron chi connectivity index (χ0n) is 11.4. The minimum Gasteiger partial charge on any atom is -0.353 e. The lowest BCUT2D eigenvalue weighted by Crippen LogP contribution is -2.33. The maximum atomic E-state index is 5.55. The van der Waals surface area contributed by atoms with Crippen molar-refractivity contribution in [1.29, 1.82) is 0 Å². The molecule has 2 aliphatic rings. The summed E-state index contributed by atoms with van der Waals surface area (Å²) in [6.07, 6.45) is 1.98. The average molecular weight is 309 g/mol. The van der Waals surface area contributed by atoms with Crippen LogP contribution < -0.4 is 0 Å². The number of rotatable bonds is 3. The zero-order chi connectivity index (χ0) is 13.8. The van der Waals surface area contributed by atoms with Crippen molar-refractivity contribution >= 4 is 28.3 Å². The van der Waals surface area contributed by atoms with Crippen molar-refractivity contribution in [3.63, 3.8) is 0 Å². The molecule has 1 saturated heterocycles. The van der Waals surface area contributed by atoms with E-state index in [4.69, 9.17) is 21.7 Å². The largest absolute Gasteiger partial charge is 0.353 e. The molecule has 1 aromatic rings. The Balaban J connectivity index is 1.46. The topological polar surface area (TPSA) is 21.7 Å². The second-order valence-electron chi connectivity index (χ2n) is 5.01. The van der Waals surface area contributed by atoms with Gasteiger partial charge in [0.25, 0.3) is 0 Å². The number of fused-ring (bicyclic) bond motifs is 1. The average Bonchev–Trinajstić information content (AvgIpc) is 3.00. The number of thiocarbonyl (C=S) groups is 1. The monoisotopic (exact) mass is 309 g/mol. The molecule has 0 unspecified atom stereocenters. The van der Waals surface area contributed by atoms with Crippen molar-refractivity contribution in [3.8, 4) is 0 Å². The molecule has 20 heavy (non-hydrogen) atoms. The molecule has 0 saturated carbocycles. The second-order valence-corrected chi connectivity index (χ2v) is 6.74. The molecule has 2 heterocycles. The standard InChI is InChI=1S/C15H19NO2S2/c19-15(20-10-6-14-17-8-9-18-14)16-7-5-12-3-1-2-4-13(12)11-16/h1-4,14H,5-11H2. The molecular formula is C15H19NO2S2. The molecule has 0 spiro atoms. The van der Waals surface area contributed by atoms with Gasteiger partial charge in [0, 0.05) is 25.3 Å². The lowest BCUT2D eigenvalue weighted by molar-refractivity contribution is -0.0421. The fraction of sp³-hybridized carbons (Fsp3) is 0.533. The van der Waals surface area contributed by atoms with Crippen LogP contribution in [0.5, 0.6) is 0 Å². The van der Waals surface area contributed by atoms with Crippen LogP contribution in [0.3, 0.4) is 0 Å². The van der Waals surface area contributed by atoms with Gasteiger partial charge >= 0.3 is 0 Å². The van der Waals surface area contributed by atoms with Crippen molar-refractivity contribution in [2.75, 3.05) is 25.5 Å². The van der Waals surface area contributed by atoms with Gasteiger partial charge in [0.1, 0.15) is 4.32 Å². The third kappa shape index (κ3) is 3.52. The van der Waals surface area contributed by atoms with Gasteiger partial charge in [0.15, 0.2) is 6.29 Å². The van der Waals surface area contributed by atoms with E-state index in [0.717, 1.165) is 49.2 Å². The second kappa shape index (κ2) is 6.89. The third-order valence-electron chi connectivity index (χ3n) is 3.66. The summed E-state index contributed by atoms with van der Waals surface area (Å²) >= 11 is 7.29. The minimum absolute atomic E-state index is 0.0209. The van der Waals surface area contributed by atoms with Crippen molar-refractivity contribution in [1.82, 2.24) is 4.90 Å². The van der Waals surface area contributed by atoms with Gasteiger partial charge in [-0.3, -0.25) is 0 Å². The first-order chi connectivity index (χ1) is 9.83. The maximum absolute atomic E-state index is 5.55. The van der Waals surface area contributed by atoms with Gasteiger partial charge in [0.05, 0.1) is 13.2 Å². The van der Waals surface area contributed by atoms with E-state index in [2.05, 4.69) is 29.2 Å². The van der Waals surface area contributed by atoms with Gasteiger partial charge in [-0.2, -0.15) is 0 Å². The lowest BCUT2D eigenvalue weighted by Gasteiger charge is -2.30. The first-order valence-corrected chi connectivity index (χ1v) is 8.44. The molecule has 0 bridgehead atoms. The van der Waals surface area contributed by atoms with Crippen molar-refractivity contribution in [3.05, 3.63) is 35.4 Å². The molecule has 5 heteroatoms. The summed E-state index contributed by atoms with van der Waals surface area (Å²) in [4.78, 5) is 2.30. The van der Waals surface area contributed by atoms with Crippen LogP contribution in [0.25, 0.3) is 0 Å². The van der Waals surface area contributed by atoms with E-state index in [1.807, 2.05) is 0 Å². The van der Waals surface area contributed by atoms with Gasteiger partial charge < -0.3 is 14.4 Å². The highest BCUT2D eigenvalue weighted by Gasteiger charge is 2.19. The molecule has 2 aliphatic heterocycles. The van der Waals surface area contributed by atoms with Crippen LogP contribution in [0.1, 0.15) is 17.5 Å². The Morgan fingerprint density at radius 1 is 1.25 bits per heavy atom. The van der Waals surface area contributed by atoms with Crippen LogP contribution in [0.15, 0.2) is 24.3 Å². The van der Waals surface area contributed by atoms with E-state index >= 15 is 0 Å². The van der Waals surface area contributed by atoms with Gasteiger partial charge in [-0.25, -0.2) is 0 Å². The smallest absolute Gasteiger partial charge is 0.158 e. The fourth-order valence-corrected chi connectivity index (χ4v) is 3.79. The van der Waals surface area contributed by atoms with Gasteiger partial charge in [0.2, 0.25) is 0 Å². The fourth-order valence-electron chi connectivity index (χ4n) is 2.56. The highest BCUT2D eigenvalue weighted by Crippen LogP contribution is 2.23. The molecule has 0 radical (unpaired) electrons. The summed E-state index contributed by atoms with van der Waals surface area (Å²) in [6.45, 7) is 3.42. The Morgan fingerprint density at radius 3 is 2.80 bits per heavy atom. The molecule has 3 rings (SSSR count). The Labute approximate surface area is 129 Å².